The Morgan fingerprint density at radius 1 is 0.735 bits per heavy atom. The summed E-state index contributed by atoms with van der Waals surface area (Å²) in [6.07, 6.45) is 0.632. The van der Waals surface area contributed by atoms with Crippen LogP contribution in [0.25, 0.3) is 0 Å². The van der Waals surface area contributed by atoms with Gasteiger partial charge in [-0.3, -0.25) is 29.1 Å². The van der Waals surface area contributed by atoms with E-state index in [1.54, 1.807) is 26.0 Å². The SMILES string of the molecule is CC(=O)CN1CCN(CC(=O)OC(C)(C)C)CCN(CC(C)C)CCN(CC(C)=O)C(Cc2ccc(C(=O)OCc3ccccc3)cc2)C1. The molecule has 10 nitrogen and oxygen atoms in total. The van der Waals surface area contributed by atoms with Crippen molar-refractivity contribution in [2.45, 2.75) is 73.1 Å². The maximum atomic E-state index is 12.9. The Morgan fingerprint density at radius 3 is 1.92 bits per heavy atom. The number of ether oxygens (including phenoxy) is 2. The minimum atomic E-state index is -0.567. The summed E-state index contributed by atoms with van der Waals surface area (Å²) in [6, 6.07) is 17.0. The highest BCUT2D eigenvalue weighted by atomic mass is 16.6. The molecule has 270 valence electrons. The lowest BCUT2D eigenvalue weighted by Gasteiger charge is -2.38. The van der Waals surface area contributed by atoms with Crippen LogP contribution in [0.15, 0.2) is 54.6 Å². The molecule has 0 radical (unpaired) electrons. The van der Waals surface area contributed by atoms with Crippen LogP contribution in [0.2, 0.25) is 0 Å². The van der Waals surface area contributed by atoms with Crippen molar-refractivity contribution in [1.82, 2.24) is 19.6 Å². The van der Waals surface area contributed by atoms with E-state index in [0.29, 0.717) is 57.2 Å². The van der Waals surface area contributed by atoms with Crippen molar-refractivity contribution in [3.63, 3.8) is 0 Å². The molecular formula is C39H58N4O6. The third-order valence-electron chi connectivity index (χ3n) is 8.30. The average Bonchev–Trinajstić information content (AvgIpc) is 3.01. The second kappa shape index (κ2) is 19.7. The summed E-state index contributed by atoms with van der Waals surface area (Å²) in [7, 11) is 0. The first-order valence-corrected chi connectivity index (χ1v) is 17.6. The number of hydrogen-bond acceptors (Lipinski definition) is 10. The lowest BCUT2D eigenvalue weighted by atomic mass is 10.0. The highest BCUT2D eigenvalue weighted by molar-refractivity contribution is 5.89. The molecule has 0 amide bonds. The van der Waals surface area contributed by atoms with Gasteiger partial charge in [-0.05, 0) is 70.2 Å². The molecule has 0 bridgehead atoms. The fourth-order valence-electron chi connectivity index (χ4n) is 6.16. The summed E-state index contributed by atoms with van der Waals surface area (Å²) in [4.78, 5) is 59.7. The van der Waals surface area contributed by atoms with E-state index in [1.807, 2.05) is 63.2 Å². The van der Waals surface area contributed by atoms with Crippen LogP contribution in [-0.4, -0.2) is 127 Å². The number of Topliss-reactive ketones (excluding diaryl/α,β-unsaturated/α-hetero) is 2. The second-order valence-corrected chi connectivity index (χ2v) is 14.8. The number of nitrogens with zero attached hydrogens (tertiary/aromatic N) is 4. The maximum absolute atomic E-state index is 12.9. The summed E-state index contributed by atoms with van der Waals surface area (Å²) < 4.78 is 11.2. The molecule has 0 aromatic heterocycles. The summed E-state index contributed by atoms with van der Waals surface area (Å²) >= 11 is 0. The van der Waals surface area contributed by atoms with Crippen molar-refractivity contribution in [3.8, 4) is 0 Å². The molecule has 0 saturated carbocycles. The van der Waals surface area contributed by atoms with E-state index < -0.39 is 5.60 Å². The molecule has 3 rings (SSSR count). The molecule has 0 aliphatic carbocycles. The molecule has 2 aromatic carbocycles. The van der Waals surface area contributed by atoms with E-state index in [4.69, 9.17) is 9.47 Å². The van der Waals surface area contributed by atoms with Gasteiger partial charge in [0.15, 0.2) is 0 Å². The average molecular weight is 679 g/mol. The smallest absolute Gasteiger partial charge is 0.338 e. The zero-order valence-electron chi connectivity index (χ0n) is 30.8. The van der Waals surface area contributed by atoms with Gasteiger partial charge in [0.25, 0.3) is 0 Å². The van der Waals surface area contributed by atoms with Gasteiger partial charge < -0.3 is 14.4 Å². The zero-order valence-corrected chi connectivity index (χ0v) is 30.8. The van der Waals surface area contributed by atoms with Crippen molar-refractivity contribution in [3.05, 3.63) is 71.3 Å². The lowest BCUT2D eigenvalue weighted by molar-refractivity contribution is -0.156. The minimum absolute atomic E-state index is 0.0594. The largest absolute Gasteiger partial charge is 0.459 e. The predicted octanol–water partition coefficient (Wildman–Crippen LogP) is 4.35. The number of carbonyl (C=O) groups is 4. The van der Waals surface area contributed by atoms with E-state index in [2.05, 4.69) is 33.4 Å². The first kappa shape index (κ1) is 40.0. The molecule has 1 heterocycles. The monoisotopic (exact) mass is 678 g/mol. The fourth-order valence-corrected chi connectivity index (χ4v) is 6.16. The van der Waals surface area contributed by atoms with Crippen LogP contribution < -0.4 is 0 Å². The van der Waals surface area contributed by atoms with Crippen LogP contribution in [0.1, 0.15) is 70.0 Å². The Labute approximate surface area is 293 Å². The summed E-state index contributed by atoms with van der Waals surface area (Å²) in [5.41, 5.74) is 1.86. The van der Waals surface area contributed by atoms with Gasteiger partial charge in [0, 0.05) is 58.4 Å². The molecular weight excluding hydrogens is 620 g/mol. The van der Waals surface area contributed by atoms with Gasteiger partial charge in [-0.25, -0.2) is 4.79 Å². The number of ketones is 2. The standard InChI is InChI=1S/C39H58N4O6/c1-30(2)24-40-17-18-41(28-37(46)49-39(5,6)7)19-20-42(25-31(3)44)27-36(43(22-21-40)26-32(4)45)23-33-13-15-35(16-14-33)38(47)48-29-34-11-9-8-10-12-34/h8-16,30,36H,17-29H2,1-7H3. The first-order valence-electron chi connectivity index (χ1n) is 17.6. The zero-order chi connectivity index (χ0) is 36.0. The summed E-state index contributed by atoms with van der Waals surface area (Å²) in [5, 5.41) is 0. The fraction of sp³-hybridized carbons (Fsp3) is 0.590. The summed E-state index contributed by atoms with van der Waals surface area (Å²) in [6.45, 7) is 19.8. The van der Waals surface area contributed by atoms with Gasteiger partial charge in [0.1, 0.15) is 23.8 Å². The van der Waals surface area contributed by atoms with Crippen molar-refractivity contribution in [2.24, 2.45) is 5.92 Å². The van der Waals surface area contributed by atoms with Crippen molar-refractivity contribution < 1.29 is 28.7 Å². The molecule has 1 aliphatic heterocycles. The van der Waals surface area contributed by atoms with Gasteiger partial charge in [0.05, 0.1) is 25.2 Å². The van der Waals surface area contributed by atoms with E-state index in [-0.39, 0.29) is 49.2 Å². The molecule has 1 unspecified atom stereocenters. The van der Waals surface area contributed by atoms with Crippen molar-refractivity contribution in [1.29, 1.82) is 0 Å². The molecule has 0 N–H and O–H groups in total. The van der Waals surface area contributed by atoms with E-state index in [0.717, 1.165) is 30.8 Å². The Hall–Kier alpha value is -3.44. The Balaban J connectivity index is 1.85. The second-order valence-electron chi connectivity index (χ2n) is 14.8. The van der Waals surface area contributed by atoms with Crippen molar-refractivity contribution in [2.75, 3.05) is 72.0 Å². The Kier molecular flexibility index (Phi) is 16.1. The van der Waals surface area contributed by atoms with Gasteiger partial charge in [0.2, 0.25) is 0 Å². The molecule has 1 atom stereocenters. The molecule has 1 aliphatic rings. The third-order valence-corrected chi connectivity index (χ3v) is 8.30. The first-order chi connectivity index (χ1) is 23.2. The number of rotatable bonds is 13. The Morgan fingerprint density at radius 2 is 1.33 bits per heavy atom. The molecule has 10 heteroatoms. The van der Waals surface area contributed by atoms with Gasteiger partial charge in [-0.15, -0.1) is 0 Å². The van der Waals surface area contributed by atoms with Crippen LogP contribution in [0.3, 0.4) is 0 Å². The van der Waals surface area contributed by atoms with Crippen LogP contribution in [0.4, 0.5) is 0 Å². The van der Waals surface area contributed by atoms with E-state index in [1.165, 1.54) is 0 Å². The third kappa shape index (κ3) is 15.8. The molecule has 49 heavy (non-hydrogen) atoms. The highest BCUT2D eigenvalue weighted by Crippen LogP contribution is 2.16. The van der Waals surface area contributed by atoms with Gasteiger partial charge in [-0.2, -0.15) is 0 Å². The number of benzene rings is 2. The molecule has 1 fully saturated rings. The number of carbonyl (C=O) groups excluding carboxylic acids is 4. The predicted molar refractivity (Wildman–Crippen MR) is 192 cm³/mol. The van der Waals surface area contributed by atoms with Crippen molar-refractivity contribution >= 4 is 23.5 Å². The summed E-state index contributed by atoms with van der Waals surface area (Å²) in [5.74, 6) is -0.0394. The minimum Gasteiger partial charge on any atom is -0.459 e. The number of hydrogen-bond donors (Lipinski definition) is 0. The van der Waals surface area contributed by atoms with E-state index >= 15 is 0 Å². The quantitative estimate of drug-likeness (QED) is 0.285. The van der Waals surface area contributed by atoms with Crippen LogP contribution in [0.5, 0.6) is 0 Å². The number of esters is 2. The lowest BCUT2D eigenvalue weighted by Crippen LogP contribution is -2.53. The van der Waals surface area contributed by atoms with Crippen LogP contribution in [0, 0.1) is 5.92 Å². The van der Waals surface area contributed by atoms with Crippen LogP contribution in [-0.2, 0) is 36.9 Å². The maximum Gasteiger partial charge on any atom is 0.338 e. The molecule has 2 aromatic rings. The molecule has 0 spiro atoms. The highest BCUT2D eigenvalue weighted by Gasteiger charge is 2.27. The van der Waals surface area contributed by atoms with Gasteiger partial charge in [-0.1, -0.05) is 56.3 Å². The van der Waals surface area contributed by atoms with Crippen LogP contribution >= 0.6 is 0 Å². The topological polar surface area (TPSA) is 99.7 Å². The molecule has 1 saturated heterocycles. The Bertz CT molecular complexity index is 1340. The normalized spacial score (nSPS) is 18.0. The van der Waals surface area contributed by atoms with Gasteiger partial charge >= 0.3 is 11.9 Å². The van der Waals surface area contributed by atoms with E-state index in [9.17, 15) is 19.2 Å².